The van der Waals surface area contributed by atoms with Crippen LogP contribution in [0.4, 0.5) is 5.69 Å². The first-order valence-electron chi connectivity index (χ1n) is 4.96. The lowest BCUT2D eigenvalue weighted by molar-refractivity contribution is 0.0996. The zero-order valence-corrected chi connectivity index (χ0v) is 8.74. The Morgan fingerprint density at radius 1 is 1.41 bits per heavy atom. The number of aromatic nitrogens is 2. The molecule has 6 N–H and O–H groups in total. The Hall–Kier alpha value is -2.63. The topological polar surface area (TPSA) is 122 Å². The first-order chi connectivity index (χ1) is 8.08. The molecule has 3 aromatic rings. The molecule has 6 nitrogen and oxygen atoms in total. The Labute approximate surface area is 95.1 Å². The van der Waals surface area contributed by atoms with Gasteiger partial charge in [0.15, 0.2) is 0 Å². The fourth-order valence-corrected chi connectivity index (χ4v) is 2.01. The van der Waals surface area contributed by atoms with Gasteiger partial charge in [0.2, 0.25) is 0 Å². The average molecular weight is 227 g/mol. The Kier molecular flexibility index (Phi) is 1.66. The summed E-state index contributed by atoms with van der Waals surface area (Å²) in [5, 5.41) is 9.58. The van der Waals surface area contributed by atoms with Crippen LogP contribution in [0.5, 0.6) is 0 Å². The first-order valence-corrected chi connectivity index (χ1v) is 4.96. The van der Waals surface area contributed by atoms with Crippen LogP contribution in [0.15, 0.2) is 18.3 Å². The van der Waals surface area contributed by atoms with Gasteiger partial charge in [-0.05, 0) is 12.1 Å². The monoisotopic (exact) mass is 227 g/mol. The van der Waals surface area contributed by atoms with Gasteiger partial charge in [0.25, 0.3) is 5.91 Å². The van der Waals surface area contributed by atoms with Crippen molar-refractivity contribution in [1.29, 1.82) is 5.41 Å². The molecule has 0 atom stereocenters. The predicted octanol–water partition coefficient (Wildman–Crippen LogP) is 0.314. The Bertz CT molecular complexity index is 804. The van der Waals surface area contributed by atoms with E-state index in [0.29, 0.717) is 16.7 Å². The second-order valence-corrected chi connectivity index (χ2v) is 3.87. The van der Waals surface area contributed by atoms with Crippen LogP contribution >= 0.6 is 0 Å². The first kappa shape index (κ1) is 9.59. The zero-order valence-electron chi connectivity index (χ0n) is 8.74. The van der Waals surface area contributed by atoms with Crippen LogP contribution in [0, 0.1) is 5.41 Å². The third-order valence-electron chi connectivity index (χ3n) is 2.78. The fraction of sp³-hybridized carbons (Fsp3) is 0. The molecule has 2 aromatic heterocycles. The molecule has 2 heterocycles. The molecule has 0 bridgehead atoms. The van der Waals surface area contributed by atoms with Crippen molar-refractivity contribution in [2.24, 2.45) is 5.73 Å². The molecule has 17 heavy (non-hydrogen) atoms. The van der Waals surface area contributed by atoms with E-state index in [1.807, 2.05) is 0 Å². The van der Waals surface area contributed by atoms with Gasteiger partial charge in [-0.2, -0.15) is 0 Å². The molecule has 0 saturated heterocycles. The van der Waals surface area contributed by atoms with Gasteiger partial charge >= 0.3 is 0 Å². The van der Waals surface area contributed by atoms with E-state index >= 15 is 0 Å². The van der Waals surface area contributed by atoms with Crippen LogP contribution in [-0.4, -0.2) is 15.9 Å². The standard InChI is InChI=1S/C11H9N5O/c12-5-2-6(13)10-8-4(3-15-9(5)8)1-7(16-10)11(14)17/h1-3,13,16H,12H2,(H2,14,17). The van der Waals surface area contributed by atoms with Crippen molar-refractivity contribution in [2.75, 3.05) is 5.73 Å². The molecular formula is C11H9N5O. The lowest BCUT2D eigenvalue weighted by Crippen LogP contribution is -2.15. The van der Waals surface area contributed by atoms with E-state index in [4.69, 9.17) is 16.9 Å². The van der Waals surface area contributed by atoms with Gasteiger partial charge in [0, 0.05) is 17.0 Å². The summed E-state index contributed by atoms with van der Waals surface area (Å²) in [6.07, 6.45) is 1.62. The van der Waals surface area contributed by atoms with Gasteiger partial charge < -0.3 is 16.5 Å². The molecule has 1 aromatic carbocycles. The summed E-state index contributed by atoms with van der Waals surface area (Å²) in [6, 6.07) is 3.12. The Morgan fingerprint density at radius 2 is 2.18 bits per heavy atom. The van der Waals surface area contributed by atoms with Crippen molar-refractivity contribution in [3.05, 3.63) is 29.4 Å². The number of primary amides is 1. The fourth-order valence-electron chi connectivity index (χ4n) is 2.01. The number of rotatable bonds is 1. The minimum Gasteiger partial charge on any atom is -0.397 e. The summed E-state index contributed by atoms with van der Waals surface area (Å²) in [7, 11) is 0. The van der Waals surface area contributed by atoms with Crippen molar-refractivity contribution < 1.29 is 4.79 Å². The van der Waals surface area contributed by atoms with E-state index in [9.17, 15) is 4.79 Å². The minimum absolute atomic E-state index is 0.219. The van der Waals surface area contributed by atoms with Crippen LogP contribution in [0.3, 0.4) is 0 Å². The maximum absolute atomic E-state index is 11.2. The molecule has 0 radical (unpaired) electrons. The molecule has 0 saturated carbocycles. The number of hydrogen-bond donors (Lipinski definition) is 4. The molecule has 0 unspecified atom stereocenters. The number of pyridine rings is 1. The van der Waals surface area contributed by atoms with Gasteiger partial charge in [-0.3, -0.25) is 15.2 Å². The molecule has 6 heteroatoms. The van der Waals surface area contributed by atoms with E-state index in [0.717, 1.165) is 10.8 Å². The van der Waals surface area contributed by atoms with E-state index in [-0.39, 0.29) is 11.1 Å². The van der Waals surface area contributed by atoms with E-state index < -0.39 is 5.91 Å². The second-order valence-electron chi connectivity index (χ2n) is 3.87. The molecule has 0 aliphatic heterocycles. The highest BCUT2D eigenvalue weighted by Gasteiger charge is 2.13. The van der Waals surface area contributed by atoms with Crippen molar-refractivity contribution >= 4 is 33.4 Å². The average Bonchev–Trinajstić information content (AvgIpc) is 2.69. The summed E-state index contributed by atoms with van der Waals surface area (Å²) >= 11 is 0. The normalized spacial score (nSPS) is 11.3. The third-order valence-corrected chi connectivity index (χ3v) is 2.78. The molecule has 0 aliphatic rings. The molecule has 1 amide bonds. The minimum atomic E-state index is -0.568. The highest BCUT2D eigenvalue weighted by molar-refractivity contribution is 6.13. The molecule has 0 spiro atoms. The summed E-state index contributed by atoms with van der Waals surface area (Å²) in [5.41, 5.74) is 12.9. The SMILES string of the molecule is N=c1cc(N)c2ncc3cc(C(N)=O)[nH]c1c32. The van der Waals surface area contributed by atoms with Gasteiger partial charge in [-0.1, -0.05) is 0 Å². The molecule has 84 valence electrons. The lowest BCUT2D eigenvalue weighted by atomic mass is 10.1. The van der Waals surface area contributed by atoms with Crippen molar-refractivity contribution in [3.63, 3.8) is 0 Å². The highest BCUT2D eigenvalue weighted by Crippen LogP contribution is 2.27. The summed E-state index contributed by atoms with van der Waals surface area (Å²) in [6.45, 7) is 0. The number of nitrogen functional groups attached to an aromatic ring is 1. The Morgan fingerprint density at radius 3 is 2.88 bits per heavy atom. The number of H-pyrrole nitrogens is 1. The zero-order chi connectivity index (χ0) is 12.2. The van der Waals surface area contributed by atoms with Crippen LogP contribution < -0.4 is 16.8 Å². The number of aromatic amines is 1. The summed E-state index contributed by atoms with van der Waals surface area (Å²) in [5.74, 6) is -0.568. The van der Waals surface area contributed by atoms with Gasteiger partial charge in [-0.25, -0.2) is 0 Å². The van der Waals surface area contributed by atoms with Crippen LogP contribution in [-0.2, 0) is 0 Å². The molecule has 3 rings (SSSR count). The summed E-state index contributed by atoms with van der Waals surface area (Å²) in [4.78, 5) is 18.2. The smallest absolute Gasteiger partial charge is 0.265 e. The van der Waals surface area contributed by atoms with Gasteiger partial charge in [-0.15, -0.1) is 0 Å². The van der Waals surface area contributed by atoms with Crippen LogP contribution in [0.2, 0.25) is 0 Å². The van der Waals surface area contributed by atoms with Crippen LogP contribution in [0.25, 0.3) is 21.8 Å². The number of benzene rings is 1. The number of amides is 1. The van der Waals surface area contributed by atoms with E-state index in [2.05, 4.69) is 9.97 Å². The number of anilines is 1. The molecule has 0 aliphatic carbocycles. The number of carbonyl (C=O) groups is 1. The number of hydrogen-bond acceptors (Lipinski definition) is 4. The van der Waals surface area contributed by atoms with Crippen LogP contribution in [0.1, 0.15) is 10.5 Å². The van der Waals surface area contributed by atoms with Crippen molar-refractivity contribution in [2.45, 2.75) is 0 Å². The maximum atomic E-state index is 11.2. The quantitative estimate of drug-likeness (QED) is 0.447. The van der Waals surface area contributed by atoms with Gasteiger partial charge in [0.05, 0.1) is 22.1 Å². The maximum Gasteiger partial charge on any atom is 0.265 e. The van der Waals surface area contributed by atoms with E-state index in [1.54, 1.807) is 12.3 Å². The number of carbonyl (C=O) groups excluding carboxylic acids is 1. The van der Waals surface area contributed by atoms with E-state index in [1.165, 1.54) is 6.07 Å². The number of nitrogens with two attached hydrogens (primary N) is 2. The predicted molar refractivity (Wildman–Crippen MR) is 63.6 cm³/mol. The molecular weight excluding hydrogens is 218 g/mol. The molecule has 0 fully saturated rings. The number of nitrogens with zero attached hydrogens (tertiary/aromatic N) is 1. The Balaban J connectivity index is 2.62. The van der Waals surface area contributed by atoms with Crippen molar-refractivity contribution in [3.8, 4) is 0 Å². The highest BCUT2D eigenvalue weighted by atomic mass is 16.1. The van der Waals surface area contributed by atoms with Gasteiger partial charge in [0.1, 0.15) is 5.69 Å². The lowest BCUT2D eigenvalue weighted by Gasteiger charge is -2.04. The summed E-state index contributed by atoms with van der Waals surface area (Å²) < 4.78 is 0. The number of nitrogens with one attached hydrogen (secondary N) is 2. The third kappa shape index (κ3) is 1.17. The largest absolute Gasteiger partial charge is 0.397 e. The van der Waals surface area contributed by atoms with Crippen molar-refractivity contribution in [1.82, 2.24) is 9.97 Å². The second kappa shape index (κ2) is 2.94.